The predicted molar refractivity (Wildman–Crippen MR) is 72.5 cm³/mol. The fourth-order valence-electron chi connectivity index (χ4n) is 1.95. The van der Waals surface area contributed by atoms with Gasteiger partial charge >= 0.3 is 0 Å². The van der Waals surface area contributed by atoms with Gasteiger partial charge in [-0.25, -0.2) is 0 Å². The quantitative estimate of drug-likeness (QED) is 0.727. The topological polar surface area (TPSA) is 39.1 Å². The number of β-amino-alcohol motifs (C(OH)–C–C–N with tert-alkyl or cyclic N) is 1. The summed E-state index contributed by atoms with van der Waals surface area (Å²) in [5.41, 5.74) is 2.40. The predicted octanol–water partition coefficient (Wildman–Crippen LogP) is 0.981. The zero-order chi connectivity index (χ0) is 12.7. The van der Waals surface area contributed by atoms with Crippen LogP contribution in [0.2, 0.25) is 0 Å². The first-order valence-electron chi connectivity index (χ1n) is 6.34. The van der Waals surface area contributed by atoms with E-state index >= 15 is 0 Å². The Balaban J connectivity index is 2.30. The minimum atomic E-state index is 0.267. The summed E-state index contributed by atoms with van der Waals surface area (Å²) >= 11 is 0. The van der Waals surface area contributed by atoms with E-state index in [-0.39, 0.29) is 6.61 Å². The molecule has 1 fully saturated rings. The maximum Gasteiger partial charge on any atom is 0.0558 e. The van der Waals surface area contributed by atoms with E-state index in [1.807, 2.05) is 20.0 Å². The van der Waals surface area contributed by atoms with Crippen LogP contribution in [-0.4, -0.2) is 66.5 Å². The number of hydrogen-bond acceptors (Lipinski definition) is 4. The molecule has 0 bridgehead atoms. The van der Waals surface area contributed by atoms with E-state index in [2.05, 4.69) is 21.7 Å². The Hall–Kier alpha value is -0.710. The average Bonchev–Trinajstić information content (AvgIpc) is 2.29. The van der Waals surface area contributed by atoms with E-state index in [0.29, 0.717) is 0 Å². The number of aliphatic imine (C=N–C) groups is 1. The maximum absolute atomic E-state index is 8.87. The summed E-state index contributed by atoms with van der Waals surface area (Å²) in [6, 6.07) is 0. The van der Waals surface area contributed by atoms with Crippen LogP contribution < -0.4 is 0 Å². The largest absolute Gasteiger partial charge is 0.395 e. The first kappa shape index (κ1) is 14.4. The molecule has 0 aromatic rings. The Morgan fingerprint density at radius 3 is 2.24 bits per heavy atom. The molecule has 0 amide bonds. The van der Waals surface area contributed by atoms with Crippen LogP contribution in [-0.2, 0) is 0 Å². The second-order valence-corrected chi connectivity index (χ2v) is 4.89. The van der Waals surface area contributed by atoms with E-state index < -0.39 is 0 Å². The summed E-state index contributed by atoms with van der Waals surface area (Å²) in [6.07, 6.45) is 1.97. The Morgan fingerprint density at radius 2 is 1.71 bits per heavy atom. The van der Waals surface area contributed by atoms with E-state index in [9.17, 15) is 0 Å². The summed E-state index contributed by atoms with van der Waals surface area (Å²) in [5.74, 6) is 0. The van der Waals surface area contributed by atoms with Gasteiger partial charge in [0.25, 0.3) is 0 Å². The van der Waals surface area contributed by atoms with Crippen LogP contribution in [0.15, 0.2) is 16.8 Å². The van der Waals surface area contributed by atoms with Crippen LogP contribution in [0.4, 0.5) is 0 Å². The fraction of sp³-hybridized carbons (Fsp3) is 0.769. The third kappa shape index (κ3) is 5.96. The second-order valence-electron chi connectivity index (χ2n) is 4.89. The van der Waals surface area contributed by atoms with Crippen molar-refractivity contribution in [3.63, 3.8) is 0 Å². The molecular formula is C13H25N3O. The van der Waals surface area contributed by atoms with Gasteiger partial charge in [-0.1, -0.05) is 0 Å². The molecular weight excluding hydrogens is 214 g/mol. The lowest BCUT2D eigenvalue weighted by atomic mass is 10.2. The highest BCUT2D eigenvalue weighted by Crippen LogP contribution is 2.05. The van der Waals surface area contributed by atoms with Gasteiger partial charge in [-0.15, -0.1) is 0 Å². The van der Waals surface area contributed by atoms with Crippen LogP contribution in [0, 0.1) is 0 Å². The van der Waals surface area contributed by atoms with Crippen LogP contribution in [0.1, 0.15) is 20.8 Å². The molecule has 4 nitrogen and oxygen atoms in total. The van der Waals surface area contributed by atoms with Crippen molar-refractivity contribution in [3.8, 4) is 0 Å². The molecule has 1 rings (SSSR count). The summed E-state index contributed by atoms with van der Waals surface area (Å²) in [6.45, 7) is 12.5. The van der Waals surface area contributed by atoms with Gasteiger partial charge in [-0.05, 0) is 26.3 Å². The van der Waals surface area contributed by atoms with Crippen molar-refractivity contribution in [1.82, 2.24) is 9.80 Å². The third-order valence-corrected chi connectivity index (χ3v) is 2.90. The number of piperazine rings is 1. The van der Waals surface area contributed by atoms with Crippen molar-refractivity contribution in [2.24, 2.45) is 4.99 Å². The lowest BCUT2D eigenvalue weighted by Gasteiger charge is -2.34. The minimum absolute atomic E-state index is 0.267. The normalized spacial score (nSPS) is 19.4. The van der Waals surface area contributed by atoms with E-state index in [4.69, 9.17) is 5.11 Å². The molecule has 0 spiro atoms. The van der Waals surface area contributed by atoms with Crippen LogP contribution in [0.25, 0.3) is 0 Å². The molecule has 98 valence electrons. The third-order valence-electron chi connectivity index (χ3n) is 2.90. The van der Waals surface area contributed by atoms with Crippen molar-refractivity contribution >= 4 is 5.71 Å². The van der Waals surface area contributed by atoms with Gasteiger partial charge in [-0.3, -0.25) is 14.8 Å². The van der Waals surface area contributed by atoms with Gasteiger partial charge in [0, 0.05) is 51.2 Å². The van der Waals surface area contributed by atoms with Crippen molar-refractivity contribution in [3.05, 3.63) is 11.8 Å². The Kier molecular flexibility index (Phi) is 6.40. The van der Waals surface area contributed by atoms with Crippen molar-refractivity contribution in [2.45, 2.75) is 20.8 Å². The first-order valence-corrected chi connectivity index (χ1v) is 6.34. The summed E-state index contributed by atoms with van der Waals surface area (Å²) in [5, 5.41) is 8.87. The van der Waals surface area contributed by atoms with Gasteiger partial charge in [0.05, 0.1) is 6.61 Å². The maximum atomic E-state index is 8.87. The Bertz CT molecular complexity index is 274. The molecule has 0 saturated carbocycles. The van der Waals surface area contributed by atoms with Crippen molar-refractivity contribution in [2.75, 3.05) is 45.9 Å². The lowest BCUT2D eigenvalue weighted by molar-refractivity contribution is 0.118. The van der Waals surface area contributed by atoms with E-state index in [1.54, 1.807) is 0 Å². The summed E-state index contributed by atoms with van der Waals surface area (Å²) in [4.78, 5) is 9.07. The second kappa shape index (κ2) is 7.58. The molecule has 0 aliphatic carbocycles. The molecule has 0 aromatic carbocycles. The minimum Gasteiger partial charge on any atom is -0.395 e. The van der Waals surface area contributed by atoms with Gasteiger partial charge in [-0.2, -0.15) is 0 Å². The fourth-order valence-corrected chi connectivity index (χ4v) is 1.95. The van der Waals surface area contributed by atoms with Crippen LogP contribution in [0.5, 0.6) is 0 Å². The zero-order valence-electron chi connectivity index (χ0n) is 11.3. The number of hydrogen-bond donors (Lipinski definition) is 1. The van der Waals surface area contributed by atoms with Gasteiger partial charge in [0.15, 0.2) is 0 Å². The van der Waals surface area contributed by atoms with E-state index in [1.165, 1.54) is 5.57 Å². The number of rotatable bonds is 5. The van der Waals surface area contributed by atoms with Gasteiger partial charge < -0.3 is 5.11 Å². The van der Waals surface area contributed by atoms with Crippen LogP contribution >= 0.6 is 0 Å². The molecule has 0 radical (unpaired) electrons. The number of aliphatic hydroxyl groups is 1. The first-order chi connectivity index (χ1) is 8.11. The molecule has 1 aliphatic heterocycles. The van der Waals surface area contributed by atoms with Crippen molar-refractivity contribution < 1.29 is 5.11 Å². The molecule has 1 saturated heterocycles. The number of nitrogens with zero attached hydrogens (tertiary/aromatic N) is 3. The molecule has 1 N–H and O–H groups in total. The monoisotopic (exact) mass is 239 g/mol. The highest BCUT2D eigenvalue weighted by molar-refractivity contribution is 5.79. The molecule has 17 heavy (non-hydrogen) atoms. The highest BCUT2D eigenvalue weighted by atomic mass is 16.3. The molecule has 0 aromatic heterocycles. The highest BCUT2D eigenvalue weighted by Gasteiger charge is 2.15. The average molecular weight is 239 g/mol. The van der Waals surface area contributed by atoms with Gasteiger partial charge in [0.1, 0.15) is 0 Å². The number of aliphatic hydroxyl groups excluding tert-OH is 1. The Labute approximate surface area is 105 Å². The molecule has 4 heteroatoms. The molecule has 0 atom stereocenters. The van der Waals surface area contributed by atoms with Crippen LogP contribution in [0.3, 0.4) is 0 Å². The summed E-state index contributed by atoms with van der Waals surface area (Å²) < 4.78 is 0. The standard InChI is InChI=1S/C13H25N3O/c1-12(2)14-10-13(3)11-16-6-4-15(5-7-16)8-9-17/h10,17H,4-9,11H2,1-3H3/b13-10+. The zero-order valence-corrected chi connectivity index (χ0v) is 11.3. The SMILES string of the molecule is CC(C)=N/C=C(\C)CN1CCN(CCO)CC1. The van der Waals surface area contributed by atoms with Crippen molar-refractivity contribution in [1.29, 1.82) is 0 Å². The Morgan fingerprint density at radius 1 is 1.12 bits per heavy atom. The molecule has 0 unspecified atom stereocenters. The lowest BCUT2D eigenvalue weighted by Crippen LogP contribution is -2.47. The molecule has 1 heterocycles. The van der Waals surface area contributed by atoms with E-state index in [0.717, 1.165) is 45.0 Å². The van der Waals surface area contributed by atoms with Gasteiger partial charge in [0.2, 0.25) is 0 Å². The molecule has 1 aliphatic rings. The smallest absolute Gasteiger partial charge is 0.0558 e. The summed E-state index contributed by atoms with van der Waals surface area (Å²) in [7, 11) is 0.